The van der Waals surface area contributed by atoms with E-state index in [4.69, 9.17) is 9.98 Å². The van der Waals surface area contributed by atoms with Gasteiger partial charge in [0.15, 0.2) is 5.96 Å². The number of guanidine groups is 1. The summed E-state index contributed by atoms with van der Waals surface area (Å²) in [4.78, 5) is 14.5. The van der Waals surface area contributed by atoms with Gasteiger partial charge in [-0.3, -0.25) is 4.90 Å². The molecule has 1 fully saturated rings. The fraction of sp³-hybridized carbons (Fsp3) is 0.600. The summed E-state index contributed by atoms with van der Waals surface area (Å²) in [6.07, 6.45) is 3.31. The van der Waals surface area contributed by atoms with Gasteiger partial charge in [-0.05, 0) is 45.5 Å². The lowest BCUT2D eigenvalue weighted by Crippen LogP contribution is -2.43. The van der Waals surface area contributed by atoms with Crippen LogP contribution in [0.15, 0.2) is 29.4 Å². The minimum atomic E-state index is 0.607. The van der Waals surface area contributed by atoms with Crippen LogP contribution in [0.2, 0.25) is 0 Å². The number of fused-ring (bicyclic) bond motifs is 1. The van der Waals surface area contributed by atoms with Crippen molar-refractivity contribution in [3.8, 4) is 0 Å². The van der Waals surface area contributed by atoms with E-state index in [1.807, 2.05) is 12.1 Å². The second-order valence-corrected chi connectivity index (χ2v) is 6.91. The fourth-order valence-electron chi connectivity index (χ4n) is 3.83. The molecule has 26 heavy (non-hydrogen) atoms. The molecule has 142 valence electrons. The zero-order chi connectivity index (χ0) is 18.5. The number of rotatable bonds is 6. The van der Waals surface area contributed by atoms with E-state index >= 15 is 0 Å². The van der Waals surface area contributed by atoms with E-state index < -0.39 is 0 Å². The standard InChI is InChI=1S/C20H32N6/c1-5-21-20(25-12-11-18(15-25)24(6-2)7-3)22-13-17-14-26-16(4)9-8-10-19(26)23-17/h8-10,14,18H,5-7,11-13,15H2,1-4H3,(H,21,22). The van der Waals surface area contributed by atoms with Crippen molar-refractivity contribution < 1.29 is 0 Å². The molecule has 0 bridgehead atoms. The zero-order valence-corrected chi connectivity index (χ0v) is 16.6. The van der Waals surface area contributed by atoms with Gasteiger partial charge < -0.3 is 14.6 Å². The first-order valence-electron chi connectivity index (χ1n) is 9.87. The number of aromatic nitrogens is 2. The molecule has 2 aromatic rings. The Kier molecular flexibility index (Phi) is 6.14. The molecule has 1 atom stereocenters. The summed E-state index contributed by atoms with van der Waals surface area (Å²) in [7, 11) is 0. The summed E-state index contributed by atoms with van der Waals surface area (Å²) in [5.41, 5.74) is 3.19. The van der Waals surface area contributed by atoms with E-state index in [1.165, 1.54) is 12.1 Å². The Balaban J connectivity index is 1.71. The number of aliphatic imine (C=N–C) groups is 1. The van der Waals surface area contributed by atoms with E-state index in [9.17, 15) is 0 Å². The molecule has 2 aromatic heterocycles. The van der Waals surface area contributed by atoms with Crippen LogP contribution in [0, 0.1) is 6.92 Å². The SMILES string of the molecule is CCNC(=NCc1cn2c(C)cccc2n1)N1CCC(N(CC)CC)C1. The maximum atomic E-state index is 4.87. The summed E-state index contributed by atoms with van der Waals surface area (Å²) < 4.78 is 2.13. The van der Waals surface area contributed by atoms with E-state index in [-0.39, 0.29) is 0 Å². The van der Waals surface area contributed by atoms with Crippen LogP contribution in [0.25, 0.3) is 5.65 Å². The van der Waals surface area contributed by atoms with Crippen LogP contribution < -0.4 is 5.32 Å². The van der Waals surface area contributed by atoms with Gasteiger partial charge in [-0.15, -0.1) is 0 Å². The lowest BCUT2D eigenvalue weighted by molar-refractivity contribution is 0.223. The zero-order valence-electron chi connectivity index (χ0n) is 16.6. The number of hydrogen-bond acceptors (Lipinski definition) is 3. The second-order valence-electron chi connectivity index (χ2n) is 6.91. The maximum absolute atomic E-state index is 4.87. The Labute approximate surface area is 156 Å². The average molecular weight is 357 g/mol. The minimum absolute atomic E-state index is 0.607. The molecule has 1 N–H and O–H groups in total. The first kappa shape index (κ1) is 18.7. The normalized spacial score (nSPS) is 18.3. The van der Waals surface area contributed by atoms with Gasteiger partial charge in [-0.2, -0.15) is 0 Å². The predicted octanol–water partition coefficient (Wildman–Crippen LogP) is 2.52. The molecular weight excluding hydrogens is 324 g/mol. The van der Waals surface area contributed by atoms with Gasteiger partial charge in [0, 0.05) is 37.6 Å². The summed E-state index contributed by atoms with van der Waals surface area (Å²) in [6.45, 7) is 14.6. The van der Waals surface area contributed by atoms with Crippen LogP contribution >= 0.6 is 0 Å². The number of aryl methyl sites for hydroxylation is 1. The van der Waals surface area contributed by atoms with Gasteiger partial charge in [-0.25, -0.2) is 9.98 Å². The third-order valence-corrected chi connectivity index (χ3v) is 5.26. The molecule has 1 unspecified atom stereocenters. The molecule has 1 aliphatic heterocycles. The van der Waals surface area contributed by atoms with Crippen LogP contribution in [0.3, 0.4) is 0 Å². The molecule has 0 aromatic carbocycles. The molecule has 6 heteroatoms. The Hall–Kier alpha value is -2.08. The van der Waals surface area contributed by atoms with Crippen molar-refractivity contribution >= 4 is 11.6 Å². The van der Waals surface area contributed by atoms with E-state index in [2.05, 4.69) is 59.5 Å². The smallest absolute Gasteiger partial charge is 0.194 e. The highest BCUT2D eigenvalue weighted by molar-refractivity contribution is 5.80. The largest absolute Gasteiger partial charge is 0.357 e. The van der Waals surface area contributed by atoms with Gasteiger partial charge in [0.25, 0.3) is 0 Å². The lowest BCUT2D eigenvalue weighted by Gasteiger charge is -2.27. The Morgan fingerprint density at radius 3 is 2.81 bits per heavy atom. The lowest BCUT2D eigenvalue weighted by atomic mass is 10.2. The fourth-order valence-corrected chi connectivity index (χ4v) is 3.83. The molecule has 0 spiro atoms. The number of hydrogen-bond donors (Lipinski definition) is 1. The monoisotopic (exact) mass is 356 g/mol. The van der Waals surface area contributed by atoms with E-state index in [0.717, 1.165) is 50.0 Å². The number of pyridine rings is 1. The summed E-state index contributed by atoms with van der Waals surface area (Å²) >= 11 is 0. The molecule has 3 heterocycles. The van der Waals surface area contributed by atoms with Gasteiger partial charge in [-0.1, -0.05) is 19.9 Å². The summed E-state index contributed by atoms with van der Waals surface area (Å²) in [6, 6.07) is 6.82. The Morgan fingerprint density at radius 2 is 2.12 bits per heavy atom. The molecule has 1 aliphatic rings. The van der Waals surface area contributed by atoms with E-state index in [1.54, 1.807) is 0 Å². The number of likely N-dealkylation sites (N-methyl/N-ethyl adjacent to an activating group) is 1. The van der Waals surface area contributed by atoms with Gasteiger partial charge in [0.1, 0.15) is 5.65 Å². The number of nitrogens with zero attached hydrogens (tertiary/aromatic N) is 5. The third-order valence-electron chi connectivity index (χ3n) is 5.26. The third kappa shape index (κ3) is 4.01. The minimum Gasteiger partial charge on any atom is -0.357 e. The highest BCUT2D eigenvalue weighted by atomic mass is 15.3. The molecule has 0 aliphatic carbocycles. The summed E-state index contributed by atoms with van der Waals surface area (Å²) in [5.74, 6) is 1.01. The Bertz CT molecular complexity index is 746. The van der Waals surface area contributed by atoms with Crippen molar-refractivity contribution in [2.75, 3.05) is 32.7 Å². The van der Waals surface area contributed by atoms with Crippen molar-refractivity contribution in [1.29, 1.82) is 0 Å². The first-order chi connectivity index (χ1) is 12.7. The Morgan fingerprint density at radius 1 is 1.31 bits per heavy atom. The van der Waals surface area contributed by atoms with Gasteiger partial charge in [0.05, 0.1) is 12.2 Å². The number of likely N-dealkylation sites (tertiary alicyclic amines) is 1. The van der Waals surface area contributed by atoms with Crippen LogP contribution in [0.5, 0.6) is 0 Å². The van der Waals surface area contributed by atoms with Crippen LogP contribution in [-0.4, -0.2) is 63.9 Å². The highest BCUT2D eigenvalue weighted by Crippen LogP contribution is 2.16. The van der Waals surface area contributed by atoms with E-state index in [0.29, 0.717) is 12.6 Å². The predicted molar refractivity (Wildman–Crippen MR) is 108 cm³/mol. The van der Waals surface area contributed by atoms with Crippen molar-refractivity contribution in [2.24, 2.45) is 4.99 Å². The highest BCUT2D eigenvalue weighted by Gasteiger charge is 2.27. The average Bonchev–Trinajstić information content (AvgIpc) is 3.28. The molecule has 6 nitrogen and oxygen atoms in total. The van der Waals surface area contributed by atoms with Crippen molar-refractivity contribution in [3.05, 3.63) is 35.8 Å². The molecular formula is C20H32N6. The summed E-state index contributed by atoms with van der Waals surface area (Å²) in [5, 5.41) is 3.46. The second kappa shape index (κ2) is 8.54. The quantitative estimate of drug-likeness (QED) is 0.638. The molecule has 3 rings (SSSR count). The van der Waals surface area contributed by atoms with Crippen molar-refractivity contribution in [1.82, 2.24) is 24.5 Å². The van der Waals surface area contributed by atoms with Gasteiger partial charge >= 0.3 is 0 Å². The molecule has 1 saturated heterocycles. The van der Waals surface area contributed by atoms with Crippen molar-refractivity contribution in [2.45, 2.75) is 46.7 Å². The number of nitrogens with one attached hydrogen (secondary N) is 1. The maximum Gasteiger partial charge on any atom is 0.194 e. The number of imidazole rings is 1. The van der Waals surface area contributed by atoms with Crippen LogP contribution in [0.1, 0.15) is 38.6 Å². The molecule has 0 saturated carbocycles. The topological polar surface area (TPSA) is 48.2 Å². The van der Waals surface area contributed by atoms with Crippen molar-refractivity contribution in [3.63, 3.8) is 0 Å². The van der Waals surface area contributed by atoms with Crippen LogP contribution in [-0.2, 0) is 6.54 Å². The first-order valence-corrected chi connectivity index (χ1v) is 9.87. The van der Waals surface area contributed by atoms with Gasteiger partial charge in [0.2, 0.25) is 0 Å². The molecule has 0 radical (unpaired) electrons. The van der Waals surface area contributed by atoms with Crippen LogP contribution in [0.4, 0.5) is 0 Å². The molecule has 0 amide bonds.